The van der Waals surface area contributed by atoms with Gasteiger partial charge >= 0.3 is 0 Å². The van der Waals surface area contributed by atoms with E-state index in [0.717, 1.165) is 6.42 Å². The maximum atomic E-state index is 5.71. The van der Waals surface area contributed by atoms with Crippen LogP contribution in [0.2, 0.25) is 0 Å². The topological polar surface area (TPSA) is 29.3 Å². The van der Waals surface area contributed by atoms with Crippen LogP contribution in [0.3, 0.4) is 0 Å². The van der Waals surface area contributed by atoms with Gasteiger partial charge in [0.05, 0.1) is 0 Å². The summed E-state index contributed by atoms with van der Waals surface area (Å²) in [5, 5.41) is 2.59. The van der Waals surface area contributed by atoms with Gasteiger partial charge in [-0.1, -0.05) is 29.8 Å². The van der Waals surface area contributed by atoms with Crippen LogP contribution in [0.25, 0.3) is 10.8 Å². The van der Waals surface area contributed by atoms with E-state index in [-0.39, 0.29) is 5.54 Å². The number of rotatable bonds is 4. The van der Waals surface area contributed by atoms with Crippen LogP contribution in [0.4, 0.5) is 5.69 Å². The predicted octanol–water partition coefficient (Wildman–Crippen LogP) is 3.71. The number of hydrogen-bond donors (Lipinski definition) is 1. The second-order valence-corrected chi connectivity index (χ2v) is 5.95. The second-order valence-electron chi connectivity index (χ2n) is 5.95. The van der Waals surface area contributed by atoms with Crippen molar-refractivity contribution in [3.05, 3.63) is 42.0 Å². The minimum atomic E-state index is 0.0765. The predicted molar refractivity (Wildman–Crippen MR) is 84.8 cm³/mol. The number of benzene rings is 2. The normalized spacial score (nSPS) is 11.8. The Morgan fingerprint density at radius 1 is 1.05 bits per heavy atom. The van der Waals surface area contributed by atoms with E-state index in [1.54, 1.807) is 0 Å². The Kier molecular flexibility index (Phi) is 3.81. The van der Waals surface area contributed by atoms with Crippen molar-refractivity contribution in [1.29, 1.82) is 0 Å². The molecule has 0 bridgehead atoms. The van der Waals surface area contributed by atoms with Crippen LogP contribution in [0.5, 0.6) is 0 Å². The molecular formula is C17H24N2. The molecule has 0 fully saturated rings. The van der Waals surface area contributed by atoms with Gasteiger partial charge in [0.25, 0.3) is 0 Å². The third-order valence-corrected chi connectivity index (χ3v) is 4.03. The molecule has 0 aliphatic rings. The SMILES string of the molecule is Cc1ccc2cc(N(C)C(C)(C)CCN)ccc2c1. The first-order chi connectivity index (χ1) is 8.94. The van der Waals surface area contributed by atoms with Gasteiger partial charge < -0.3 is 10.6 Å². The van der Waals surface area contributed by atoms with Gasteiger partial charge in [0.1, 0.15) is 0 Å². The van der Waals surface area contributed by atoms with Crippen LogP contribution in [-0.4, -0.2) is 19.1 Å². The van der Waals surface area contributed by atoms with Crippen LogP contribution in [-0.2, 0) is 0 Å². The fraction of sp³-hybridized carbons (Fsp3) is 0.412. The summed E-state index contributed by atoms with van der Waals surface area (Å²) in [6.07, 6.45) is 0.982. The standard InChI is InChI=1S/C17H24N2/c1-13-5-6-15-12-16(8-7-14(15)11-13)19(4)17(2,3)9-10-18/h5-8,11-12H,9-10,18H2,1-4H3. The summed E-state index contributed by atoms with van der Waals surface area (Å²) in [5.74, 6) is 0. The molecule has 0 saturated heterocycles. The summed E-state index contributed by atoms with van der Waals surface area (Å²) in [6, 6.07) is 13.2. The van der Waals surface area contributed by atoms with Gasteiger partial charge in [-0.15, -0.1) is 0 Å². The van der Waals surface area contributed by atoms with Crippen LogP contribution in [0.1, 0.15) is 25.8 Å². The largest absolute Gasteiger partial charge is 0.369 e. The molecule has 0 radical (unpaired) electrons. The molecule has 2 nitrogen and oxygen atoms in total. The Morgan fingerprint density at radius 3 is 2.37 bits per heavy atom. The molecule has 2 rings (SSSR count). The van der Waals surface area contributed by atoms with Crippen LogP contribution < -0.4 is 10.6 Å². The number of anilines is 1. The summed E-state index contributed by atoms with van der Waals surface area (Å²) in [5.41, 5.74) is 8.34. The van der Waals surface area contributed by atoms with Crippen LogP contribution >= 0.6 is 0 Å². The molecular weight excluding hydrogens is 232 g/mol. The lowest BCUT2D eigenvalue weighted by atomic mass is 9.97. The average molecular weight is 256 g/mol. The lowest BCUT2D eigenvalue weighted by molar-refractivity contribution is 0.456. The first-order valence-electron chi connectivity index (χ1n) is 6.88. The Balaban J connectivity index is 2.38. The number of nitrogens with two attached hydrogens (primary N) is 1. The van der Waals surface area contributed by atoms with E-state index in [0.29, 0.717) is 6.54 Å². The van der Waals surface area contributed by atoms with Gasteiger partial charge in [-0.3, -0.25) is 0 Å². The second kappa shape index (κ2) is 5.22. The Morgan fingerprint density at radius 2 is 1.68 bits per heavy atom. The van der Waals surface area contributed by atoms with Gasteiger partial charge in [-0.25, -0.2) is 0 Å². The summed E-state index contributed by atoms with van der Waals surface area (Å²) in [7, 11) is 2.14. The number of nitrogens with zero attached hydrogens (tertiary/aromatic N) is 1. The number of fused-ring (bicyclic) bond motifs is 1. The number of aryl methyl sites for hydroxylation is 1. The van der Waals surface area contributed by atoms with Gasteiger partial charge in [-0.2, -0.15) is 0 Å². The van der Waals surface area contributed by atoms with E-state index in [2.05, 4.69) is 69.1 Å². The maximum Gasteiger partial charge on any atom is 0.0374 e. The summed E-state index contributed by atoms with van der Waals surface area (Å²) >= 11 is 0. The fourth-order valence-corrected chi connectivity index (χ4v) is 2.43. The van der Waals surface area contributed by atoms with Crippen molar-refractivity contribution in [2.45, 2.75) is 32.7 Å². The highest BCUT2D eigenvalue weighted by Gasteiger charge is 2.22. The summed E-state index contributed by atoms with van der Waals surface area (Å²) in [6.45, 7) is 7.31. The van der Waals surface area contributed by atoms with E-state index in [4.69, 9.17) is 5.73 Å². The molecule has 0 aliphatic heterocycles. The van der Waals surface area contributed by atoms with Crippen molar-refractivity contribution in [2.75, 3.05) is 18.5 Å². The van der Waals surface area contributed by atoms with Crippen molar-refractivity contribution in [3.8, 4) is 0 Å². The molecule has 0 aromatic heterocycles. The first kappa shape index (κ1) is 13.9. The maximum absolute atomic E-state index is 5.71. The molecule has 19 heavy (non-hydrogen) atoms. The molecule has 2 heteroatoms. The minimum Gasteiger partial charge on any atom is -0.369 e. The zero-order chi connectivity index (χ0) is 14.0. The third kappa shape index (κ3) is 2.90. The van der Waals surface area contributed by atoms with E-state index < -0.39 is 0 Å². The molecule has 0 spiro atoms. The summed E-state index contributed by atoms with van der Waals surface area (Å²) in [4.78, 5) is 2.32. The van der Waals surface area contributed by atoms with E-state index in [9.17, 15) is 0 Å². The molecule has 2 aromatic carbocycles. The first-order valence-corrected chi connectivity index (χ1v) is 6.88. The van der Waals surface area contributed by atoms with Gasteiger partial charge in [0, 0.05) is 18.3 Å². The van der Waals surface area contributed by atoms with E-state index in [1.165, 1.54) is 22.0 Å². The molecule has 0 unspecified atom stereocenters. The molecule has 0 aliphatic carbocycles. The van der Waals surface area contributed by atoms with Crippen molar-refractivity contribution in [1.82, 2.24) is 0 Å². The molecule has 0 heterocycles. The zero-order valence-corrected chi connectivity index (χ0v) is 12.4. The van der Waals surface area contributed by atoms with Gasteiger partial charge in [-0.05, 0) is 56.6 Å². The fourth-order valence-electron chi connectivity index (χ4n) is 2.43. The van der Waals surface area contributed by atoms with Crippen molar-refractivity contribution >= 4 is 16.5 Å². The van der Waals surface area contributed by atoms with E-state index >= 15 is 0 Å². The molecule has 0 saturated carbocycles. The Labute approximate surface area is 116 Å². The monoisotopic (exact) mass is 256 g/mol. The van der Waals surface area contributed by atoms with Crippen molar-refractivity contribution < 1.29 is 0 Å². The Hall–Kier alpha value is -1.54. The van der Waals surface area contributed by atoms with Crippen LogP contribution in [0, 0.1) is 6.92 Å². The average Bonchev–Trinajstić information content (AvgIpc) is 2.37. The highest BCUT2D eigenvalue weighted by molar-refractivity contribution is 5.86. The number of hydrogen-bond acceptors (Lipinski definition) is 2. The summed E-state index contributed by atoms with van der Waals surface area (Å²) < 4.78 is 0. The van der Waals surface area contributed by atoms with Crippen molar-refractivity contribution in [3.63, 3.8) is 0 Å². The van der Waals surface area contributed by atoms with Gasteiger partial charge in [0.2, 0.25) is 0 Å². The Bertz CT molecular complexity index is 572. The van der Waals surface area contributed by atoms with Gasteiger partial charge in [0.15, 0.2) is 0 Å². The minimum absolute atomic E-state index is 0.0765. The molecule has 0 amide bonds. The molecule has 2 N–H and O–H groups in total. The smallest absolute Gasteiger partial charge is 0.0374 e. The third-order valence-electron chi connectivity index (χ3n) is 4.03. The lowest BCUT2D eigenvalue weighted by Crippen LogP contribution is -2.42. The van der Waals surface area contributed by atoms with Crippen molar-refractivity contribution in [2.24, 2.45) is 5.73 Å². The molecule has 102 valence electrons. The zero-order valence-electron chi connectivity index (χ0n) is 12.4. The lowest BCUT2D eigenvalue weighted by Gasteiger charge is -2.37. The quantitative estimate of drug-likeness (QED) is 0.903. The molecule has 0 atom stereocenters. The molecule has 2 aromatic rings. The van der Waals surface area contributed by atoms with Crippen LogP contribution in [0.15, 0.2) is 36.4 Å². The highest BCUT2D eigenvalue weighted by Crippen LogP contribution is 2.28. The van der Waals surface area contributed by atoms with E-state index in [1.807, 2.05) is 0 Å². The highest BCUT2D eigenvalue weighted by atomic mass is 15.2.